The average molecular weight is 411 g/mol. The van der Waals surface area contributed by atoms with Crippen molar-refractivity contribution in [3.8, 4) is 0 Å². The Balaban J connectivity index is 1.79. The lowest BCUT2D eigenvalue weighted by Gasteiger charge is -2.11. The first-order valence-electron chi connectivity index (χ1n) is 12.0. The number of unbranched alkanes of at least 4 members (excludes halogenated alkanes) is 8. The van der Waals surface area contributed by atoms with Crippen LogP contribution >= 0.6 is 0 Å². The number of aryl methyl sites for hydroxylation is 2. The Morgan fingerprint density at radius 1 is 0.500 bits per heavy atom. The highest BCUT2D eigenvalue weighted by Crippen LogP contribution is 2.33. The van der Waals surface area contributed by atoms with Crippen molar-refractivity contribution in [2.45, 2.75) is 90.9 Å². The Hall–Kier alpha value is -1.96. The van der Waals surface area contributed by atoms with Gasteiger partial charge in [-0.15, -0.1) is 0 Å². The quantitative estimate of drug-likeness (QED) is 0.206. The van der Waals surface area contributed by atoms with Crippen LogP contribution in [-0.2, 0) is 12.8 Å². The van der Waals surface area contributed by atoms with Crippen LogP contribution in [0.4, 0.5) is 8.78 Å². The first-order chi connectivity index (χ1) is 14.7. The van der Waals surface area contributed by atoms with E-state index in [-0.39, 0.29) is 0 Å². The third kappa shape index (κ3) is 5.59. The number of hydrogen-bond donors (Lipinski definition) is 0. The summed E-state index contributed by atoms with van der Waals surface area (Å²) in [5.74, 6) is -1.41. The highest BCUT2D eigenvalue weighted by molar-refractivity contribution is 6.08. The smallest absolute Gasteiger partial charge is 0.167 e. The first kappa shape index (κ1) is 22.7. The van der Waals surface area contributed by atoms with Crippen molar-refractivity contribution >= 4 is 21.5 Å². The molecule has 0 aliphatic heterocycles. The minimum atomic E-state index is -0.704. The van der Waals surface area contributed by atoms with Gasteiger partial charge in [-0.2, -0.15) is 0 Å². The lowest BCUT2D eigenvalue weighted by atomic mass is 9.95. The van der Waals surface area contributed by atoms with Crippen LogP contribution in [0.3, 0.4) is 0 Å². The highest BCUT2D eigenvalue weighted by Gasteiger charge is 2.15. The molecule has 0 aliphatic carbocycles. The second-order valence-electron chi connectivity index (χ2n) is 8.72. The SMILES string of the molecule is CCCCCCCCc1ccc2c(c1)c(F)c(F)c1cc(CCCCCC)ccc12. The van der Waals surface area contributed by atoms with Gasteiger partial charge in [-0.25, -0.2) is 8.78 Å². The van der Waals surface area contributed by atoms with Gasteiger partial charge in [0.05, 0.1) is 0 Å². The van der Waals surface area contributed by atoms with Gasteiger partial charge in [-0.1, -0.05) is 89.5 Å². The zero-order valence-electron chi connectivity index (χ0n) is 18.7. The fraction of sp³-hybridized carbons (Fsp3) is 0.500. The molecule has 0 heterocycles. The van der Waals surface area contributed by atoms with Gasteiger partial charge in [0.1, 0.15) is 0 Å². The number of hydrogen-bond acceptors (Lipinski definition) is 0. The van der Waals surface area contributed by atoms with E-state index in [0.717, 1.165) is 47.6 Å². The molecule has 0 unspecified atom stereocenters. The zero-order chi connectivity index (χ0) is 21.3. The van der Waals surface area contributed by atoms with E-state index < -0.39 is 11.6 Å². The molecule has 0 atom stereocenters. The normalized spacial score (nSPS) is 11.6. The Bertz CT molecular complexity index is 958. The standard InChI is InChI=1S/C28H36F2/c1-3-5-7-9-10-12-14-22-16-18-24-23-17-15-21(13-11-8-6-4-2)19-25(23)27(29)28(30)26(24)20-22/h15-20H,3-14H2,1-2H3. The van der Waals surface area contributed by atoms with Gasteiger partial charge in [-0.3, -0.25) is 0 Å². The predicted molar refractivity (Wildman–Crippen MR) is 126 cm³/mol. The second kappa shape index (κ2) is 11.4. The summed E-state index contributed by atoms with van der Waals surface area (Å²) in [6.07, 6.45) is 14.0. The fourth-order valence-electron chi connectivity index (χ4n) is 4.43. The summed E-state index contributed by atoms with van der Waals surface area (Å²) in [4.78, 5) is 0. The maximum absolute atomic E-state index is 14.9. The molecule has 0 aliphatic rings. The largest absolute Gasteiger partial charge is 0.203 e. The van der Waals surface area contributed by atoms with Crippen molar-refractivity contribution in [3.05, 3.63) is 59.2 Å². The molecule has 0 radical (unpaired) electrons. The molecule has 0 N–H and O–H groups in total. The van der Waals surface area contributed by atoms with Crippen LogP contribution in [0.25, 0.3) is 21.5 Å². The van der Waals surface area contributed by atoms with Crippen LogP contribution in [0.5, 0.6) is 0 Å². The molecule has 162 valence electrons. The molecular weight excluding hydrogens is 374 g/mol. The number of fused-ring (bicyclic) bond motifs is 3. The molecular formula is C28H36F2. The molecule has 0 fully saturated rings. The Kier molecular flexibility index (Phi) is 8.66. The van der Waals surface area contributed by atoms with E-state index in [1.165, 1.54) is 51.4 Å². The summed E-state index contributed by atoms with van der Waals surface area (Å²) >= 11 is 0. The van der Waals surface area contributed by atoms with E-state index in [1.807, 2.05) is 24.3 Å². The Morgan fingerprint density at radius 2 is 0.900 bits per heavy atom. The molecule has 3 rings (SSSR count). The molecule has 3 aromatic rings. The van der Waals surface area contributed by atoms with Crippen LogP contribution < -0.4 is 0 Å². The maximum Gasteiger partial charge on any atom is 0.167 e. The summed E-state index contributed by atoms with van der Waals surface area (Å²) in [5, 5.41) is 2.45. The first-order valence-corrected chi connectivity index (χ1v) is 12.0. The van der Waals surface area contributed by atoms with Crippen LogP contribution in [0.2, 0.25) is 0 Å². The molecule has 0 nitrogen and oxygen atoms in total. The van der Waals surface area contributed by atoms with Crippen LogP contribution in [0.15, 0.2) is 36.4 Å². The van der Waals surface area contributed by atoms with E-state index in [0.29, 0.717) is 10.8 Å². The van der Waals surface area contributed by atoms with Gasteiger partial charge in [0.2, 0.25) is 0 Å². The van der Waals surface area contributed by atoms with Crippen molar-refractivity contribution in [1.29, 1.82) is 0 Å². The van der Waals surface area contributed by atoms with E-state index in [9.17, 15) is 8.78 Å². The predicted octanol–water partition coefficient (Wildman–Crippen LogP) is 9.30. The van der Waals surface area contributed by atoms with Gasteiger partial charge in [0, 0.05) is 10.8 Å². The monoisotopic (exact) mass is 410 g/mol. The third-order valence-electron chi connectivity index (χ3n) is 6.26. The zero-order valence-corrected chi connectivity index (χ0v) is 18.7. The van der Waals surface area contributed by atoms with Crippen molar-refractivity contribution in [2.24, 2.45) is 0 Å². The van der Waals surface area contributed by atoms with Gasteiger partial charge < -0.3 is 0 Å². The van der Waals surface area contributed by atoms with Gasteiger partial charge in [0.15, 0.2) is 11.6 Å². The Morgan fingerprint density at radius 3 is 1.37 bits per heavy atom. The molecule has 0 saturated heterocycles. The van der Waals surface area contributed by atoms with Crippen LogP contribution in [-0.4, -0.2) is 0 Å². The van der Waals surface area contributed by atoms with E-state index in [2.05, 4.69) is 26.0 Å². The van der Waals surface area contributed by atoms with Gasteiger partial charge in [0.25, 0.3) is 0 Å². The highest BCUT2D eigenvalue weighted by atomic mass is 19.2. The number of halogens is 2. The molecule has 0 bridgehead atoms. The summed E-state index contributed by atoms with van der Waals surface area (Å²) in [6, 6.07) is 11.8. The lowest BCUT2D eigenvalue weighted by molar-refractivity contribution is 0.525. The van der Waals surface area contributed by atoms with Crippen molar-refractivity contribution in [3.63, 3.8) is 0 Å². The van der Waals surface area contributed by atoms with E-state index in [1.54, 1.807) is 0 Å². The van der Waals surface area contributed by atoms with E-state index >= 15 is 0 Å². The molecule has 0 aromatic heterocycles. The number of benzene rings is 3. The molecule has 2 heteroatoms. The topological polar surface area (TPSA) is 0 Å². The van der Waals surface area contributed by atoms with Crippen LogP contribution in [0.1, 0.15) is 89.2 Å². The minimum absolute atomic E-state index is 0.414. The van der Waals surface area contributed by atoms with Crippen LogP contribution in [0, 0.1) is 11.6 Å². The van der Waals surface area contributed by atoms with Gasteiger partial charge in [-0.05, 0) is 59.7 Å². The summed E-state index contributed by atoms with van der Waals surface area (Å²) in [5.41, 5.74) is 2.19. The Labute approximate surface area is 180 Å². The fourth-order valence-corrected chi connectivity index (χ4v) is 4.43. The third-order valence-corrected chi connectivity index (χ3v) is 6.26. The van der Waals surface area contributed by atoms with Crippen molar-refractivity contribution in [1.82, 2.24) is 0 Å². The summed E-state index contributed by atoms with van der Waals surface area (Å²) < 4.78 is 29.9. The van der Waals surface area contributed by atoms with Crippen molar-refractivity contribution < 1.29 is 8.78 Å². The minimum Gasteiger partial charge on any atom is -0.203 e. The number of rotatable bonds is 12. The molecule has 30 heavy (non-hydrogen) atoms. The van der Waals surface area contributed by atoms with Crippen molar-refractivity contribution in [2.75, 3.05) is 0 Å². The summed E-state index contributed by atoms with van der Waals surface area (Å²) in [7, 11) is 0. The molecule has 3 aromatic carbocycles. The average Bonchev–Trinajstić information content (AvgIpc) is 2.77. The maximum atomic E-state index is 14.9. The molecule has 0 saturated carbocycles. The lowest BCUT2D eigenvalue weighted by Crippen LogP contribution is -1.95. The second-order valence-corrected chi connectivity index (χ2v) is 8.72. The van der Waals surface area contributed by atoms with Gasteiger partial charge >= 0.3 is 0 Å². The summed E-state index contributed by atoms with van der Waals surface area (Å²) in [6.45, 7) is 4.42. The molecule has 0 amide bonds. The van der Waals surface area contributed by atoms with E-state index in [4.69, 9.17) is 0 Å². The molecule has 0 spiro atoms.